The van der Waals surface area contributed by atoms with Crippen LogP contribution in [0.25, 0.3) is 11.3 Å². The molecular formula is C19H17N3O2. The van der Waals surface area contributed by atoms with Gasteiger partial charge in [-0.15, -0.1) is 0 Å². The molecule has 0 aliphatic carbocycles. The summed E-state index contributed by atoms with van der Waals surface area (Å²) in [5, 5.41) is 8.17. The molecule has 0 saturated heterocycles. The molecule has 1 atom stereocenters. The van der Waals surface area contributed by atoms with Crippen molar-refractivity contribution >= 4 is 11.7 Å². The van der Waals surface area contributed by atoms with Crippen molar-refractivity contribution in [3.8, 4) is 11.3 Å². The number of anilines is 1. The summed E-state index contributed by atoms with van der Waals surface area (Å²) < 4.78 is 6.75. The first-order chi connectivity index (χ1) is 11.7. The maximum atomic E-state index is 11.6. The summed E-state index contributed by atoms with van der Waals surface area (Å²) >= 11 is 0. The molecule has 0 spiro atoms. The summed E-state index contributed by atoms with van der Waals surface area (Å²) in [7, 11) is 1.38. The third kappa shape index (κ3) is 2.25. The van der Waals surface area contributed by atoms with Gasteiger partial charge in [0.2, 0.25) is 0 Å². The van der Waals surface area contributed by atoms with E-state index in [2.05, 4.69) is 28.6 Å². The van der Waals surface area contributed by atoms with Gasteiger partial charge in [0.15, 0.2) is 0 Å². The van der Waals surface area contributed by atoms with E-state index in [4.69, 9.17) is 4.74 Å². The van der Waals surface area contributed by atoms with Crippen LogP contribution in [-0.4, -0.2) is 22.9 Å². The monoisotopic (exact) mass is 319 g/mol. The summed E-state index contributed by atoms with van der Waals surface area (Å²) in [6.07, 6.45) is -0.115. The smallest absolute Gasteiger partial charge is 0.337 e. The Kier molecular flexibility index (Phi) is 3.34. The van der Waals surface area contributed by atoms with Gasteiger partial charge in [-0.25, -0.2) is 9.48 Å². The third-order valence-corrected chi connectivity index (χ3v) is 4.25. The number of nitrogens with zero attached hydrogens (tertiary/aromatic N) is 2. The van der Waals surface area contributed by atoms with Crippen molar-refractivity contribution in [3.05, 3.63) is 71.4 Å². The molecule has 3 aromatic rings. The predicted molar refractivity (Wildman–Crippen MR) is 91.9 cm³/mol. The van der Waals surface area contributed by atoms with Crippen molar-refractivity contribution in [3.63, 3.8) is 0 Å². The Morgan fingerprint density at radius 2 is 1.92 bits per heavy atom. The van der Waals surface area contributed by atoms with Crippen molar-refractivity contribution < 1.29 is 9.53 Å². The van der Waals surface area contributed by atoms with Gasteiger partial charge in [0.1, 0.15) is 6.17 Å². The number of carbonyl (C=O) groups is 1. The zero-order valence-electron chi connectivity index (χ0n) is 13.5. The number of methoxy groups -OCH3 is 1. The second kappa shape index (κ2) is 5.53. The second-order valence-electron chi connectivity index (χ2n) is 5.82. The number of esters is 1. The molecule has 24 heavy (non-hydrogen) atoms. The molecule has 1 aliphatic rings. The fraction of sp³-hybridized carbons (Fsp3) is 0.158. The van der Waals surface area contributed by atoms with E-state index in [1.54, 1.807) is 12.1 Å². The van der Waals surface area contributed by atoms with Gasteiger partial charge < -0.3 is 10.1 Å². The maximum absolute atomic E-state index is 11.6. The largest absolute Gasteiger partial charge is 0.465 e. The first-order valence-corrected chi connectivity index (χ1v) is 7.78. The molecule has 120 valence electrons. The van der Waals surface area contributed by atoms with E-state index in [1.165, 1.54) is 7.11 Å². The van der Waals surface area contributed by atoms with Gasteiger partial charge in [-0.3, -0.25) is 0 Å². The topological polar surface area (TPSA) is 56.1 Å². The van der Waals surface area contributed by atoms with Gasteiger partial charge in [0.25, 0.3) is 0 Å². The lowest BCUT2D eigenvalue weighted by molar-refractivity contribution is 0.0600. The van der Waals surface area contributed by atoms with Crippen LogP contribution in [0.15, 0.2) is 54.6 Å². The zero-order valence-corrected chi connectivity index (χ0v) is 13.5. The van der Waals surface area contributed by atoms with Crippen LogP contribution in [0.1, 0.15) is 27.8 Å². The van der Waals surface area contributed by atoms with E-state index >= 15 is 0 Å². The van der Waals surface area contributed by atoms with E-state index in [1.807, 2.05) is 35.9 Å². The Hall–Kier alpha value is -3.08. The van der Waals surface area contributed by atoms with Crippen LogP contribution in [0, 0.1) is 6.92 Å². The highest BCUT2D eigenvalue weighted by atomic mass is 16.5. The van der Waals surface area contributed by atoms with E-state index in [9.17, 15) is 4.79 Å². The second-order valence-corrected chi connectivity index (χ2v) is 5.82. The van der Waals surface area contributed by atoms with Crippen LogP contribution in [0.3, 0.4) is 0 Å². The van der Waals surface area contributed by atoms with E-state index in [-0.39, 0.29) is 12.1 Å². The number of rotatable bonds is 2. The molecule has 1 N–H and O–H groups in total. The van der Waals surface area contributed by atoms with Crippen LogP contribution >= 0.6 is 0 Å². The fourth-order valence-electron chi connectivity index (χ4n) is 3.10. The number of para-hydroxylation sites is 1. The van der Waals surface area contributed by atoms with Crippen molar-refractivity contribution in [2.24, 2.45) is 0 Å². The molecule has 2 aromatic carbocycles. The Labute approximate surface area is 139 Å². The van der Waals surface area contributed by atoms with Crippen LogP contribution in [-0.2, 0) is 4.74 Å². The van der Waals surface area contributed by atoms with Gasteiger partial charge in [-0.2, -0.15) is 5.10 Å². The quantitative estimate of drug-likeness (QED) is 0.733. The highest BCUT2D eigenvalue weighted by molar-refractivity contribution is 5.89. The van der Waals surface area contributed by atoms with Crippen molar-refractivity contribution in [1.29, 1.82) is 0 Å². The molecule has 0 saturated carbocycles. The predicted octanol–water partition coefficient (Wildman–Crippen LogP) is 3.62. The molecule has 5 heteroatoms. The lowest BCUT2D eigenvalue weighted by Crippen LogP contribution is -2.25. The number of hydrogen-bond acceptors (Lipinski definition) is 4. The van der Waals surface area contributed by atoms with Crippen LogP contribution < -0.4 is 5.32 Å². The Morgan fingerprint density at radius 3 is 2.67 bits per heavy atom. The number of aromatic nitrogens is 2. The molecule has 1 aromatic heterocycles. The maximum Gasteiger partial charge on any atom is 0.337 e. The molecule has 2 heterocycles. The summed E-state index contributed by atoms with van der Waals surface area (Å²) in [4.78, 5) is 11.6. The average Bonchev–Trinajstić information content (AvgIpc) is 3.02. The highest BCUT2D eigenvalue weighted by Gasteiger charge is 2.26. The van der Waals surface area contributed by atoms with Gasteiger partial charge in [0.05, 0.1) is 24.1 Å². The van der Waals surface area contributed by atoms with Gasteiger partial charge in [-0.1, -0.05) is 30.3 Å². The lowest BCUT2D eigenvalue weighted by atomic mass is 10.0. The lowest BCUT2D eigenvalue weighted by Gasteiger charge is -2.29. The standard InChI is InChI=1S/C19H17N3O2/c1-12-11-17-15-5-3-4-6-16(15)20-18(22(17)21-12)13-7-9-14(10-8-13)19(23)24-2/h3-11,18,20H,1-2H3/t18-/m1/s1. The number of aryl methyl sites for hydroxylation is 1. The van der Waals surface area contributed by atoms with Gasteiger partial charge in [-0.05, 0) is 36.8 Å². The molecule has 0 unspecified atom stereocenters. The molecule has 1 aliphatic heterocycles. The minimum absolute atomic E-state index is 0.115. The summed E-state index contributed by atoms with van der Waals surface area (Å²) in [5.41, 5.74) is 5.84. The normalized spacial score (nSPS) is 15.2. The Bertz CT molecular complexity index is 913. The van der Waals surface area contributed by atoms with E-state index in [0.717, 1.165) is 28.2 Å². The van der Waals surface area contributed by atoms with Crippen LogP contribution in [0.2, 0.25) is 0 Å². The van der Waals surface area contributed by atoms with Gasteiger partial charge >= 0.3 is 5.97 Å². The molecule has 0 radical (unpaired) electrons. The van der Waals surface area contributed by atoms with Crippen molar-refractivity contribution in [2.45, 2.75) is 13.1 Å². The van der Waals surface area contributed by atoms with Crippen molar-refractivity contribution in [1.82, 2.24) is 9.78 Å². The molecule has 0 bridgehead atoms. The average molecular weight is 319 g/mol. The Balaban J connectivity index is 1.78. The molecule has 5 nitrogen and oxygen atoms in total. The molecule has 0 fully saturated rings. The Morgan fingerprint density at radius 1 is 1.17 bits per heavy atom. The minimum atomic E-state index is -0.334. The summed E-state index contributed by atoms with van der Waals surface area (Å²) in [5.74, 6) is -0.334. The third-order valence-electron chi connectivity index (χ3n) is 4.25. The number of benzene rings is 2. The number of ether oxygens (including phenoxy) is 1. The highest BCUT2D eigenvalue weighted by Crippen LogP contribution is 2.38. The van der Waals surface area contributed by atoms with Crippen LogP contribution in [0.4, 0.5) is 5.69 Å². The summed E-state index contributed by atoms with van der Waals surface area (Å²) in [6.45, 7) is 1.99. The summed E-state index contributed by atoms with van der Waals surface area (Å²) in [6, 6.07) is 17.7. The van der Waals surface area contributed by atoms with Gasteiger partial charge in [0, 0.05) is 11.3 Å². The molecule has 4 rings (SSSR count). The number of nitrogens with one attached hydrogen (secondary N) is 1. The number of hydrogen-bond donors (Lipinski definition) is 1. The van der Waals surface area contributed by atoms with E-state index in [0.29, 0.717) is 5.56 Å². The zero-order chi connectivity index (χ0) is 16.7. The van der Waals surface area contributed by atoms with Crippen LogP contribution in [0.5, 0.6) is 0 Å². The fourth-order valence-corrected chi connectivity index (χ4v) is 3.10. The molecular weight excluding hydrogens is 302 g/mol. The first-order valence-electron chi connectivity index (χ1n) is 7.78. The molecule has 0 amide bonds. The minimum Gasteiger partial charge on any atom is -0.465 e. The first kappa shape index (κ1) is 14.5. The van der Waals surface area contributed by atoms with E-state index < -0.39 is 0 Å². The number of carbonyl (C=O) groups excluding carboxylic acids is 1. The SMILES string of the molecule is COC(=O)c1ccc([C@@H]2Nc3ccccc3-c3cc(C)nn32)cc1. The number of fused-ring (bicyclic) bond motifs is 3. The van der Waals surface area contributed by atoms with Crippen molar-refractivity contribution in [2.75, 3.05) is 12.4 Å².